The number of unbranched alkanes of at least 4 members (excludes halogenated alkanes) is 3. The molecule has 1 aromatic rings. The topological polar surface area (TPSA) is 15.3 Å². The molecule has 0 bridgehead atoms. The van der Waals surface area contributed by atoms with Crippen molar-refractivity contribution in [1.82, 2.24) is 10.2 Å². The highest BCUT2D eigenvalue weighted by Gasteiger charge is 2.21. The second-order valence-electron chi connectivity index (χ2n) is 5.58. The third kappa shape index (κ3) is 4.63. The van der Waals surface area contributed by atoms with Gasteiger partial charge in [-0.2, -0.15) is 0 Å². The summed E-state index contributed by atoms with van der Waals surface area (Å²) >= 11 is 0. The minimum Gasteiger partial charge on any atom is -0.315 e. The van der Waals surface area contributed by atoms with Gasteiger partial charge < -0.3 is 5.32 Å². The zero-order chi connectivity index (χ0) is 13.3. The summed E-state index contributed by atoms with van der Waals surface area (Å²) in [6.07, 6.45) is 6.70. The van der Waals surface area contributed by atoms with Crippen LogP contribution in [-0.2, 0) is 0 Å². The second kappa shape index (κ2) is 8.34. The third-order valence-electron chi connectivity index (χ3n) is 4.06. The van der Waals surface area contributed by atoms with Gasteiger partial charge in [-0.05, 0) is 31.5 Å². The molecule has 1 heterocycles. The maximum atomic E-state index is 3.59. The van der Waals surface area contributed by atoms with Crippen LogP contribution in [0.25, 0.3) is 0 Å². The van der Waals surface area contributed by atoms with Crippen LogP contribution >= 0.6 is 0 Å². The molecule has 0 aromatic heterocycles. The lowest BCUT2D eigenvalue weighted by Crippen LogP contribution is -2.33. The van der Waals surface area contributed by atoms with Crippen molar-refractivity contribution in [3.8, 4) is 0 Å². The molecule has 2 rings (SSSR count). The van der Waals surface area contributed by atoms with Gasteiger partial charge in [-0.15, -0.1) is 0 Å². The Morgan fingerprint density at radius 1 is 1.16 bits per heavy atom. The van der Waals surface area contributed by atoms with Gasteiger partial charge in [0.15, 0.2) is 0 Å². The SMILES string of the molecule is CCCCCCN1CCCNCC1c1ccccc1. The Kier molecular flexibility index (Phi) is 6.38. The van der Waals surface area contributed by atoms with Crippen LogP contribution < -0.4 is 5.32 Å². The van der Waals surface area contributed by atoms with Crippen LogP contribution in [0.15, 0.2) is 30.3 Å². The van der Waals surface area contributed by atoms with Crippen molar-refractivity contribution in [2.75, 3.05) is 26.2 Å². The molecule has 1 aromatic carbocycles. The van der Waals surface area contributed by atoms with Crippen LogP contribution in [0, 0.1) is 0 Å². The number of benzene rings is 1. The molecule has 0 saturated carbocycles. The van der Waals surface area contributed by atoms with E-state index in [0.717, 1.165) is 13.1 Å². The van der Waals surface area contributed by atoms with E-state index in [0.29, 0.717) is 6.04 Å². The first kappa shape index (κ1) is 14.5. The molecule has 0 aliphatic carbocycles. The van der Waals surface area contributed by atoms with E-state index in [1.54, 1.807) is 0 Å². The monoisotopic (exact) mass is 260 g/mol. The highest BCUT2D eigenvalue weighted by molar-refractivity contribution is 5.19. The second-order valence-corrected chi connectivity index (χ2v) is 5.58. The molecule has 1 saturated heterocycles. The molecule has 19 heavy (non-hydrogen) atoms. The van der Waals surface area contributed by atoms with E-state index < -0.39 is 0 Å². The van der Waals surface area contributed by atoms with Gasteiger partial charge in [0.1, 0.15) is 0 Å². The molecule has 1 atom stereocenters. The summed E-state index contributed by atoms with van der Waals surface area (Å²) < 4.78 is 0. The summed E-state index contributed by atoms with van der Waals surface area (Å²) in [5, 5.41) is 3.59. The molecule has 2 heteroatoms. The molecule has 0 amide bonds. The summed E-state index contributed by atoms with van der Waals surface area (Å²) in [5.74, 6) is 0. The first-order valence-corrected chi connectivity index (χ1v) is 7.91. The molecule has 1 aliphatic rings. The Morgan fingerprint density at radius 2 is 2.00 bits per heavy atom. The average Bonchev–Trinajstić information content (AvgIpc) is 2.70. The predicted molar refractivity (Wildman–Crippen MR) is 82.4 cm³/mol. The van der Waals surface area contributed by atoms with Crippen molar-refractivity contribution >= 4 is 0 Å². The van der Waals surface area contributed by atoms with Gasteiger partial charge >= 0.3 is 0 Å². The van der Waals surface area contributed by atoms with E-state index in [-0.39, 0.29) is 0 Å². The lowest BCUT2D eigenvalue weighted by atomic mass is 10.0. The molecule has 1 fully saturated rings. The Morgan fingerprint density at radius 3 is 2.79 bits per heavy atom. The van der Waals surface area contributed by atoms with Crippen LogP contribution in [0.5, 0.6) is 0 Å². The van der Waals surface area contributed by atoms with Crippen molar-refractivity contribution < 1.29 is 0 Å². The Hall–Kier alpha value is -0.860. The molecule has 1 aliphatic heterocycles. The maximum absolute atomic E-state index is 3.59. The van der Waals surface area contributed by atoms with E-state index in [2.05, 4.69) is 47.5 Å². The van der Waals surface area contributed by atoms with Crippen LogP contribution in [0.3, 0.4) is 0 Å². The Bertz CT molecular complexity index is 336. The summed E-state index contributed by atoms with van der Waals surface area (Å²) in [7, 11) is 0. The van der Waals surface area contributed by atoms with Crippen molar-refractivity contribution in [2.45, 2.75) is 45.1 Å². The summed E-state index contributed by atoms with van der Waals surface area (Å²) in [6.45, 7) is 7.02. The summed E-state index contributed by atoms with van der Waals surface area (Å²) in [5.41, 5.74) is 1.47. The van der Waals surface area contributed by atoms with Crippen molar-refractivity contribution in [3.63, 3.8) is 0 Å². The standard InChI is InChI=1S/C17H28N2/c1-2-3-4-8-13-19-14-9-12-18-15-17(19)16-10-6-5-7-11-16/h5-7,10-11,17-18H,2-4,8-9,12-15H2,1H3. The highest BCUT2D eigenvalue weighted by Crippen LogP contribution is 2.22. The van der Waals surface area contributed by atoms with Gasteiger partial charge in [-0.1, -0.05) is 56.5 Å². The fourth-order valence-electron chi connectivity index (χ4n) is 2.94. The van der Waals surface area contributed by atoms with Gasteiger partial charge in [-0.3, -0.25) is 4.90 Å². The third-order valence-corrected chi connectivity index (χ3v) is 4.06. The first-order chi connectivity index (χ1) is 9.42. The van der Waals surface area contributed by atoms with E-state index in [9.17, 15) is 0 Å². The lowest BCUT2D eigenvalue weighted by molar-refractivity contribution is 0.206. The van der Waals surface area contributed by atoms with E-state index in [4.69, 9.17) is 0 Å². The Balaban J connectivity index is 1.95. The molecule has 0 radical (unpaired) electrons. The Labute approximate surface area is 118 Å². The molecular weight excluding hydrogens is 232 g/mol. The molecule has 0 spiro atoms. The first-order valence-electron chi connectivity index (χ1n) is 7.91. The number of nitrogens with zero attached hydrogens (tertiary/aromatic N) is 1. The average molecular weight is 260 g/mol. The summed E-state index contributed by atoms with van der Waals surface area (Å²) in [6, 6.07) is 11.5. The van der Waals surface area contributed by atoms with Gasteiger partial charge in [0, 0.05) is 19.1 Å². The minimum absolute atomic E-state index is 0.560. The predicted octanol–water partition coefficient (Wildman–Crippen LogP) is 3.60. The molecule has 1 N–H and O–H groups in total. The van der Waals surface area contributed by atoms with Crippen LogP contribution in [-0.4, -0.2) is 31.1 Å². The fourth-order valence-corrected chi connectivity index (χ4v) is 2.94. The highest BCUT2D eigenvalue weighted by atomic mass is 15.2. The molecular formula is C17H28N2. The normalized spacial score (nSPS) is 21.2. The van der Waals surface area contributed by atoms with Crippen LogP contribution in [0.2, 0.25) is 0 Å². The number of nitrogens with one attached hydrogen (secondary N) is 1. The zero-order valence-electron chi connectivity index (χ0n) is 12.3. The van der Waals surface area contributed by atoms with Crippen molar-refractivity contribution in [2.24, 2.45) is 0 Å². The van der Waals surface area contributed by atoms with Gasteiger partial charge in [0.2, 0.25) is 0 Å². The fraction of sp³-hybridized carbons (Fsp3) is 0.647. The lowest BCUT2D eigenvalue weighted by Gasteiger charge is -2.30. The van der Waals surface area contributed by atoms with Crippen molar-refractivity contribution in [1.29, 1.82) is 0 Å². The number of hydrogen-bond acceptors (Lipinski definition) is 2. The van der Waals surface area contributed by atoms with E-state index in [1.165, 1.54) is 50.8 Å². The van der Waals surface area contributed by atoms with Gasteiger partial charge in [-0.25, -0.2) is 0 Å². The number of rotatable bonds is 6. The quantitative estimate of drug-likeness (QED) is 0.786. The zero-order valence-corrected chi connectivity index (χ0v) is 12.3. The maximum Gasteiger partial charge on any atom is 0.0472 e. The molecule has 2 nitrogen and oxygen atoms in total. The van der Waals surface area contributed by atoms with Crippen molar-refractivity contribution in [3.05, 3.63) is 35.9 Å². The van der Waals surface area contributed by atoms with E-state index >= 15 is 0 Å². The smallest absolute Gasteiger partial charge is 0.0472 e. The number of hydrogen-bond donors (Lipinski definition) is 1. The minimum atomic E-state index is 0.560. The van der Waals surface area contributed by atoms with Gasteiger partial charge in [0.05, 0.1) is 0 Å². The largest absolute Gasteiger partial charge is 0.315 e. The molecule has 1 unspecified atom stereocenters. The molecule has 106 valence electrons. The van der Waals surface area contributed by atoms with Crippen LogP contribution in [0.1, 0.15) is 50.6 Å². The van der Waals surface area contributed by atoms with Gasteiger partial charge in [0.25, 0.3) is 0 Å². The van der Waals surface area contributed by atoms with Crippen LogP contribution in [0.4, 0.5) is 0 Å². The summed E-state index contributed by atoms with van der Waals surface area (Å²) in [4.78, 5) is 2.69. The van der Waals surface area contributed by atoms with E-state index in [1.807, 2.05) is 0 Å².